The van der Waals surface area contributed by atoms with Crippen LogP contribution in [-0.2, 0) is 10.8 Å². The monoisotopic (exact) mass is 235 g/mol. The molecule has 1 atom stereocenters. The SMILES string of the molecule is COc1cc(N)ccc1S(=O)CC(F)F. The molecule has 0 aliphatic heterocycles. The highest BCUT2D eigenvalue weighted by Gasteiger charge is 2.15. The van der Waals surface area contributed by atoms with Crippen molar-refractivity contribution >= 4 is 16.5 Å². The van der Waals surface area contributed by atoms with Crippen LogP contribution >= 0.6 is 0 Å². The van der Waals surface area contributed by atoms with Crippen molar-refractivity contribution in [1.29, 1.82) is 0 Å². The van der Waals surface area contributed by atoms with E-state index in [2.05, 4.69) is 0 Å². The summed E-state index contributed by atoms with van der Waals surface area (Å²) in [7, 11) is -0.391. The number of halogens is 2. The quantitative estimate of drug-likeness (QED) is 0.807. The van der Waals surface area contributed by atoms with Gasteiger partial charge in [-0.1, -0.05) is 0 Å². The Morgan fingerprint density at radius 2 is 2.20 bits per heavy atom. The number of methoxy groups -OCH3 is 1. The van der Waals surface area contributed by atoms with Gasteiger partial charge in [-0.05, 0) is 12.1 Å². The van der Waals surface area contributed by atoms with Crippen molar-refractivity contribution in [2.45, 2.75) is 11.3 Å². The Labute approximate surface area is 88.7 Å². The van der Waals surface area contributed by atoms with Gasteiger partial charge in [0.1, 0.15) is 5.75 Å². The van der Waals surface area contributed by atoms with Crippen LogP contribution in [0.15, 0.2) is 23.1 Å². The highest BCUT2D eigenvalue weighted by Crippen LogP contribution is 2.25. The van der Waals surface area contributed by atoms with E-state index in [1.54, 1.807) is 0 Å². The predicted octanol–water partition coefficient (Wildman–Crippen LogP) is 1.65. The van der Waals surface area contributed by atoms with Crippen molar-refractivity contribution in [3.63, 3.8) is 0 Å². The Balaban J connectivity index is 2.97. The number of alkyl halides is 2. The van der Waals surface area contributed by atoms with E-state index in [-0.39, 0.29) is 10.6 Å². The van der Waals surface area contributed by atoms with E-state index in [1.807, 2.05) is 0 Å². The number of hydrogen-bond acceptors (Lipinski definition) is 3. The maximum absolute atomic E-state index is 12.0. The second-order valence-electron chi connectivity index (χ2n) is 2.81. The molecule has 15 heavy (non-hydrogen) atoms. The lowest BCUT2D eigenvalue weighted by atomic mass is 10.3. The fourth-order valence-electron chi connectivity index (χ4n) is 1.08. The zero-order valence-electron chi connectivity index (χ0n) is 8.07. The molecule has 0 saturated carbocycles. The van der Waals surface area contributed by atoms with Gasteiger partial charge in [0.25, 0.3) is 0 Å². The van der Waals surface area contributed by atoms with E-state index >= 15 is 0 Å². The van der Waals surface area contributed by atoms with E-state index in [0.29, 0.717) is 5.69 Å². The molecule has 0 heterocycles. The van der Waals surface area contributed by atoms with E-state index in [1.165, 1.54) is 25.3 Å². The number of hydrogen-bond donors (Lipinski definition) is 1. The van der Waals surface area contributed by atoms with Crippen molar-refractivity contribution in [3.8, 4) is 5.75 Å². The lowest BCUT2D eigenvalue weighted by Gasteiger charge is -2.08. The van der Waals surface area contributed by atoms with Gasteiger partial charge in [0, 0.05) is 11.8 Å². The first-order chi connectivity index (χ1) is 7.04. The molecule has 2 N–H and O–H groups in total. The average Bonchev–Trinajstić information content (AvgIpc) is 2.16. The molecule has 1 aromatic rings. The van der Waals surface area contributed by atoms with Gasteiger partial charge in [-0.15, -0.1) is 0 Å². The van der Waals surface area contributed by atoms with Crippen LogP contribution in [0.25, 0.3) is 0 Å². The molecule has 6 heteroatoms. The summed E-state index contributed by atoms with van der Waals surface area (Å²) in [4.78, 5) is 0.243. The largest absolute Gasteiger partial charge is 0.495 e. The topological polar surface area (TPSA) is 52.3 Å². The van der Waals surface area contributed by atoms with Crippen molar-refractivity contribution < 1.29 is 17.7 Å². The van der Waals surface area contributed by atoms with Gasteiger partial charge >= 0.3 is 0 Å². The molecule has 0 saturated heterocycles. The summed E-state index contributed by atoms with van der Waals surface area (Å²) >= 11 is 0. The van der Waals surface area contributed by atoms with Crippen LogP contribution in [0.5, 0.6) is 5.75 Å². The summed E-state index contributed by atoms with van der Waals surface area (Å²) in [5, 5.41) is 0. The summed E-state index contributed by atoms with van der Waals surface area (Å²) in [5.41, 5.74) is 5.91. The van der Waals surface area contributed by atoms with Gasteiger partial charge in [0.2, 0.25) is 6.43 Å². The molecule has 0 bridgehead atoms. The zero-order chi connectivity index (χ0) is 11.4. The lowest BCUT2D eigenvalue weighted by Crippen LogP contribution is -2.08. The first-order valence-electron chi connectivity index (χ1n) is 4.14. The number of benzene rings is 1. The van der Waals surface area contributed by atoms with E-state index < -0.39 is 23.0 Å². The van der Waals surface area contributed by atoms with Gasteiger partial charge < -0.3 is 10.5 Å². The average molecular weight is 235 g/mol. The Hall–Kier alpha value is -1.17. The second-order valence-corrected chi connectivity index (χ2v) is 4.28. The third-order valence-corrected chi connectivity index (χ3v) is 3.09. The second kappa shape index (κ2) is 5.06. The Morgan fingerprint density at radius 1 is 1.53 bits per heavy atom. The normalized spacial score (nSPS) is 12.8. The van der Waals surface area contributed by atoms with Crippen molar-refractivity contribution in [2.24, 2.45) is 0 Å². The van der Waals surface area contributed by atoms with E-state index in [4.69, 9.17) is 10.5 Å². The zero-order valence-corrected chi connectivity index (χ0v) is 8.89. The molecular formula is C9H11F2NO2S. The molecule has 0 fully saturated rings. The molecule has 0 radical (unpaired) electrons. The number of nitrogen functional groups attached to an aromatic ring is 1. The Morgan fingerprint density at radius 3 is 2.73 bits per heavy atom. The first-order valence-corrected chi connectivity index (χ1v) is 5.46. The number of ether oxygens (including phenoxy) is 1. The van der Waals surface area contributed by atoms with Crippen LogP contribution in [0.1, 0.15) is 0 Å². The van der Waals surface area contributed by atoms with Gasteiger partial charge in [-0.2, -0.15) is 0 Å². The van der Waals surface area contributed by atoms with Gasteiger partial charge in [-0.25, -0.2) is 8.78 Å². The van der Waals surface area contributed by atoms with Gasteiger partial charge in [0.15, 0.2) is 0 Å². The molecule has 0 aliphatic carbocycles. The minimum atomic E-state index is -2.60. The maximum atomic E-state index is 12.0. The van der Waals surface area contributed by atoms with Crippen LogP contribution in [0.4, 0.5) is 14.5 Å². The number of nitrogens with two attached hydrogens (primary N) is 1. The Kier molecular flexibility index (Phi) is 4.02. The van der Waals surface area contributed by atoms with Crippen LogP contribution in [-0.4, -0.2) is 23.5 Å². The number of anilines is 1. The predicted molar refractivity (Wildman–Crippen MR) is 54.7 cm³/mol. The molecule has 1 rings (SSSR count). The van der Waals surface area contributed by atoms with Crippen LogP contribution in [0.2, 0.25) is 0 Å². The minimum Gasteiger partial charge on any atom is -0.495 e. The smallest absolute Gasteiger partial charge is 0.250 e. The lowest BCUT2D eigenvalue weighted by molar-refractivity contribution is 0.175. The van der Waals surface area contributed by atoms with Gasteiger partial charge in [0.05, 0.1) is 28.6 Å². The molecular weight excluding hydrogens is 224 g/mol. The molecule has 0 amide bonds. The summed E-state index contributed by atoms with van der Waals surface area (Å²) in [6.07, 6.45) is -2.60. The van der Waals surface area contributed by atoms with E-state index in [0.717, 1.165) is 0 Å². The fraction of sp³-hybridized carbons (Fsp3) is 0.333. The summed E-state index contributed by atoms with van der Waals surface area (Å²) in [5.74, 6) is -0.422. The van der Waals surface area contributed by atoms with Crippen LogP contribution in [0, 0.1) is 0 Å². The first kappa shape index (κ1) is 11.9. The fourth-order valence-corrected chi connectivity index (χ4v) is 2.07. The highest BCUT2D eigenvalue weighted by atomic mass is 32.2. The molecule has 1 aromatic carbocycles. The standard InChI is InChI=1S/C9H11F2NO2S/c1-14-7-4-6(12)2-3-8(7)15(13)5-9(10)11/h2-4,9H,5,12H2,1H3. The van der Waals surface area contributed by atoms with E-state index in [9.17, 15) is 13.0 Å². The molecule has 0 spiro atoms. The van der Waals surface area contributed by atoms with Crippen molar-refractivity contribution in [1.82, 2.24) is 0 Å². The van der Waals surface area contributed by atoms with Gasteiger partial charge in [-0.3, -0.25) is 4.21 Å². The third-order valence-electron chi connectivity index (χ3n) is 1.71. The molecule has 84 valence electrons. The molecule has 3 nitrogen and oxygen atoms in total. The van der Waals surface area contributed by atoms with Crippen molar-refractivity contribution in [2.75, 3.05) is 18.6 Å². The summed E-state index contributed by atoms with van der Waals surface area (Å²) in [6, 6.07) is 4.40. The summed E-state index contributed by atoms with van der Waals surface area (Å²) in [6.45, 7) is 0. The maximum Gasteiger partial charge on any atom is 0.250 e. The molecule has 0 aliphatic rings. The Bertz CT molecular complexity index is 371. The molecule has 0 aromatic heterocycles. The minimum absolute atomic E-state index is 0.243. The molecule has 1 unspecified atom stereocenters. The third kappa shape index (κ3) is 3.16. The highest BCUT2D eigenvalue weighted by molar-refractivity contribution is 7.85. The van der Waals surface area contributed by atoms with Crippen LogP contribution < -0.4 is 10.5 Å². The van der Waals surface area contributed by atoms with Crippen molar-refractivity contribution in [3.05, 3.63) is 18.2 Å². The van der Waals surface area contributed by atoms with Crippen LogP contribution in [0.3, 0.4) is 0 Å². The number of rotatable bonds is 4. The summed E-state index contributed by atoms with van der Waals surface area (Å²) < 4.78 is 40.4.